The van der Waals surface area contributed by atoms with Crippen LogP contribution in [-0.4, -0.2) is 46.9 Å². The highest BCUT2D eigenvalue weighted by atomic mass is 35.5. The summed E-state index contributed by atoms with van der Waals surface area (Å²) < 4.78 is 19.0. The van der Waals surface area contributed by atoms with Gasteiger partial charge in [0, 0.05) is 18.2 Å². The molecule has 0 spiro atoms. The van der Waals surface area contributed by atoms with E-state index in [1.165, 1.54) is 30.5 Å². The van der Waals surface area contributed by atoms with Gasteiger partial charge in [0.25, 0.3) is 16.8 Å². The van der Waals surface area contributed by atoms with E-state index in [0.717, 1.165) is 22.1 Å². The van der Waals surface area contributed by atoms with E-state index in [1.807, 2.05) is 12.1 Å². The molecule has 48 heavy (non-hydrogen) atoms. The van der Waals surface area contributed by atoms with Gasteiger partial charge in [0.05, 0.1) is 17.9 Å². The molecule has 0 saturated carbocycles. The summed E-state index contributed by atoms with van der Waals surface area (Å²) in [7, 11) is 0. The predicted molar refractivity (Wildman–Crippen MR) is 169 cm³/mol. The van der Waals surface area contributed by atoms with Gasteiger partial charge in [-0.05, 0) is 47.7 Å². The van der Waals surface area contributed by atoms with Crippen molar-refractivity contribution in [1.29, 1.82) is 0 Å². The average Bonchev–Trinajstić information content (AvgIpc) is 3.83. The van der Waals surface area contributed by atoms with Crippen LogP contribution in [0.15, 0.2) is 67.6 Å². The maximum atomic E-state index is 13.4. The van der Waals surface area contributed by atoms with E-state index in [-0.39, 0.29) is 59.1 Å². The SMILES string of the molecule is Cl.NCc1ccc(F)c(Nc2c(N)c(=O)c2=O)c1.O=C(N[C@H]1CCc2cc(-c3noc(=O)[nH]3)ccc21)c1cc(C(=O)O)n2nncc2n1. The minimum Gasteiger partial charge on any atom is -0.477 e. The van der Waals surface area contributed by atoms with Gasteiger partial charge in [-0.3, -0.25) is 23.9 Å². The molecule has 246 valence electrons. The second kappa shape index (κ2) is 13.2. The van der Waals surface area contributed by atoms with Crippen molar-refractivity contribution < 1.29 is 23.6 Å². The van der Waals surface area contributed by atoms with Gasteiger partial charge >= 0.3 is 11.7 Å². The molecule has 0 radical (unpaired) electrons. The number of nitrogens with zero attached hydrogens (tertiary/aromatic N) is 5. The summed E-state index contributed by atoms with van der Waals surface area (Å²) in [6, 6.07) is 10.7. The van der Waals surface area contributed by atoms with Crippen molar-refractivity contribution in [2.24, 2.45) is 5.73 Å². The Labute approximate surface area is 272 Å². The normalized spacial score (nSPS) is 13.3. The van der Waals surface area contributed by atoms with Crippen molar-refractivity contribution >= 4 is 47.0 Å². The molecule has 0 fully saturated rings. The number of amides is 1. The number of aryl methyl sites for hydroxylation is 1. The predicted octanol–water partition coefficient (Wildman–Crippen LogP) is 1.21. The van der Waals surface area contributed by atoms with Crippen molar-refractivity contribution in [2.75, 3.05) is 11.1 Å². The number of carboxylic acid groups (broad SMARTS) is 1. The fraction of sp³-hybridized carbons (Fsp3) is 0.138. The van der Waals surface area contributed by atoms with Crippen molar-refractivity contribution in [2.45, 2.75) is 25.4 Å². The van der Waals surface area contributed by atoms with E-state index < -0.39 is 34.3 Å². The van der Waals surface area contributed by atoms with Crippen molar-refractivity contribution in [1.82, 2.24) is 35.3 Å². The number of benzene rings is 2. The lowest BCUT2D eigenvalue weighted by Gasteiger charge is -2.14. The molecule has 6 aromatic rings. The van der Waals surface area contributed by atoms with Crippen molar-refractivity contribution in [3.8, 4) is 11.4 Å². The Hall–Kier alpha value is -6.27. The number of hydrogen-bond acceptors (Lipinski definition) is 13. The third-order valence-corrected chi connectivity index (χ3v) is 7.43. The second-order valence-corrected chi connectivity index (χ2v) is 10.3. The van der Waals surface area contributed by atoms with Gasteiger partial charge in [0.15, 0.2) is 17.2 Å². The summed E-state index contributed by atoms with van der Waals surface area (Å²) in [4.78, 5) is 64.1. The topological polar surface area (TPSA) is 267 Å². The molecule has 3 aromatic heterocycles. The van der Waals surface area contributed by atoms with Crippen LogP contribution in [0.4, 0.5) is 21.5 Å². The molecule has 1 aliphatic carbocycles. The van der Waals surface area contributed by atoms with Gasteiger partial charge in [-0.25, -0.2) is 19.0 Å². The summed E-state index contributed by atoms with van der Waals surface area (Å²) in [5, 5.41) is 25.7. The molecule has 0 unspecified atom stereocenters. The largest absolute Gasteiger partial charge is 0.477 e. The van der Waals surface area contributed by atoms with Crippen LogP contribution in [0, 0.1) is 5.82 Å². The molecule has 3 heterocycles. The number of carbonyl (C=O) groups excluding carboxylic acids is 1. The van der Waals surface area contributed by atoms with Crippen molar-refractivity contribution in [3.63, 3.8) is 0 Å². The van der Waals surface area contributed by atoms with Gasteiger partial charge in [-0.1, -0.05) is 28.6 Å². The Morgan fingerprint density at radius 1 is 1.12 bits per heavy atom. The third-order valence-electron chi connectivity index (χ3n) is 7.43. The van der Waals surface area contributed by atoms with E-state index in [9.17, 15) is 33.5 Å². The lowest BCUT2D eigenvalue weighted by atomic mass is 10.0. The molecule has 7 rings (SSSR count). The Bertz CT molecular complexity index is 2330. The van der Waals surface area contributed by atoms with Crippen LogP contribution < -0.4 is 38.7 Å². The zero-order valence-electron chi connectivity index (χ0n) is 24.4. The Kier molecular flexibility index (Phi) is 9.12. The lowest BCUT2D eigenvalue weighted by molar-refractivity contribution is 0.0687. The number of aromatic carboxylic acids is 1. The van der Waals surface area contributed by atoms with Crippen molar-refractivity contribution in [3.05, 3.63) is 114 Å². The molecule has 17 nitrogen and oxygen atoms in total. The maximum absolute atomic E-state index is 13.4. The zero-order valence-corrected chi connectivity index (χ0v) is 25.2. The highest BCUT2D eigenvalue weighted by Gasteiger charge is 2.27. The first-order chi connectivity index (χ1) is 22.5. The molecular formula is C29H24ClFN10O7. The third kappa shape index (κ3) is 6.24. The number of nitrogen functional groups attached to an aromatic ring is 1. The van der Waals surface area contributed by atoms with Crippen LogP contribution in [0.25, 0.3) is 17.0 Å². The van der Waals surface area contributed by atoms with Gasteiger partial charge < -0.3 is 27.2 Å². The lowest BCUT2D eigenvalue weighted by Crippen LogP contribution is -2.36. The van der Waals surface area contributed by atoms with Gasteiger partial charge in [0.2, 0.25) is 0 Å². The number of fused-ring (bicyclic) bond motifs is 2. The van der Waals surface area contributed by atoms with Gasteiger partial charge in [0.1, 0.15) is 22.9 Å². The highest BCUT2D eigenvalue weighted by Crippen LogP contribution is 2.33. The molecule has 1 aliphatic rings. The van der Waals surface area contributed by atoms with Gasteiger partial charge in [-0.2, -0.15) is 4.52 Å². The highest BCUT2D eigenvalue weighted by molar-refractivity contribution is 5.96. The first kappa shape index (κ1) is 33.1. The first-order valence-electron chi connectivity index (χ1n) is 13.8. The molecule has 0 bridgehead atoms. The monoisotopic (exact) mass is 678 g/mol. The van der Waals surface area contributed by atoms with Gasteiger partial charge in [-0.15, -0.1) is 17.5 Å². The second-order valence-electron chi connectivity index (χ2n) is 10.3. The van der Waals surface area contributed by atoms with E-state index in [4.69, 9.17) is 11.5 Å². The summed E-state index contributed by atoms with van der Waals surface area (Å²) >= 11 is 0. The smallest absolute Gasteiger partial charge is 0.439 e. The molecule has 19 heteroatoms. The number of aromatic amines is 1. The average molecular weight is 679 g/mol. The Balaban J connectivity index is 0.000000214. The number of carbonyl (C=O) groups is 2. The number of H-pyrrole nitrogens is 1. The molecular weight excluding hydrogens is 655 g/mol. The number of rotatable bonds is 7. The molecule has 3 aromatic carbocycles. The molecule has 0 aliphatic heterocycles. The number of aromatic nitrogens is 6. The summed E-state index contributed by atoms with van der Waals surface area (Å²) in [5.41, 5.74) is 12.4. The van der Waals surface area contributed by atoms with Crippen LogP contribution in [0.1, 0.15) is 50.1 Å². The first-order valence-corrected chi connectivity index (χ1v) is 13.8. The standard InChI is InChI=1S/C18H13N7O5.C11H10FN3O2.ClH/c26-16(12-6-13(17(27)28)25-14(20-12)7-19-24-25)21-11-4-2-8-5-9(1-3-10(8)11)15-22-18(29)30-23-15;12-6-2-1-5(4-13)3-7(6)15-9-8(14)10(16)11(9)17;/h1,3,5-7,11H,2,4H2,(H,21,26)(H,27,28)(H,22,23,29);1-3,15H,4,13-14H2;1H/t11-;;/m0../s1. The van der Waals surface area contributed by atoms with Crippen LogP contribution in [0.3, 0.4) is 0 Å². The minimum absolute atomic E-state index is 0. The zero-order chi connectivity index (χ0) is 33.4. The summed E-state index contributed by atoms with van der Waals surface area (Å²) in [6.45, 7) is 0.246. The quantitative estimate of drug-likeness (QED) is 0.130. The Morgan fingerprint density at radius 2 is 1.92 bits per heavy atom. The van der Waals surface area contributed by atoms with E-state index >= 15 is 0 Å². The fourth-order valence-corrected chi connectivity index (χ4v) is 5.06. The van der Waals surface area contributed by atoms with E-state index in [2.05, 4.69) is 40.6 Å². The molecule has 8 N–H and O–H groups in total. The number of hydrogen-bond donors (Lipinski definition) is 6. The van der Waals surface area contributed by atoms with Crippen LogP contribution in [0.2, 0.25) is 0 Å². The van der Waals surface area contributed by atoms with E-state index in [1.54, 1.807) is 6.07 Å². The van der Waals surface area contributed by atoms with Crippen LogP contribution >= 0.6 is 12.4 Å². The molecule has 1 amide bonds. The number of nitrogens with two attached hydrogens (primary N) is 2. The molecule has 1 atom stereocenters. The fourth-order valence-electron chi connectivity index (χ4n) is 5.06. The van der Waals surface area contributed by atoms with Crippen LogP contribution in [-0.2, 0) is 13.0 Å². The van der Waals surface area contributed by atoms with E-state index in [0.29, 0.717) is 23.4 Å². The minimum atomic E-state index is -1.24. The summed E-state index contributed by atoms with van der Waals surface area (Å²) in [5.74, 6) is -2.58. The number of anilines is 3. The number of nitrogens with one attached hydrogen (secondary N) is 3. The molecule has 0 saturated heterocycles. The van der Waals surface area contributed by atoms with Crippen LogP contribution in [0.5, 0.6) is 0 Å². The maximum Gasteiger partial charge on any atom is 0.439 e. The number of halogens is 2. The summed E-state index contributed by atoms with van der Waals surface area (Å²) in [6.07, 6.45) is 2.67. The Morgan fingerprint density at radius 3 is 2.60 bits per heavy atom. The number of carboxylic acids is 1.